The minimum Gasteiger partial charge on any atom is -0.380 e. The van der Waals surface area contributed by atoms with Gasteiger partial charge in [0.15, 0.2) is 0 Å². The molecule has 2 nitrogen and oxygen atoms in total. The van der Waals surface area contributed by atoms with Gasteiger partial charge in [0.25, 0.3) is 0 Å². The van der Waals surface area contributed by atoms with Crippen molar-refractivity contribution in [3.05, 3.63) is 28.2 Å². The fourth-order valence-electron chi connectivity index (χ4n) is 3.14. The summed E-state index contributed by atoms with van der Waals surface area (Å²) in [6, 6.07) is 4.13. The van der Waals surface area contributed by atoms with Crippen molar-refractivity contribution in [2.45, 2.75) is 25.1 Å². The van der Waals surface area contributed by atoms with Crippen molar-refractivity contribution in [3.8, 4) is 0 Å². The highest BCUT2D eigenvalue weighted by molar-refractivity contribution is 9.10. The minimum atomic E-state index is -4.29. The van der Waals surface area contributed by atoms with Crippen molar-refractivity contribution in [1.29, 1.82) is 0 Å². The van der Waals surface area contributed by atoms with Gasteiger partial charge in [-0.05, 0) is 66.0 Å². The van der Waals surface area contributed by atoms with Crippen molar-refractivity contribution in [1.82, 2.24) is 4.90 Å². The number of nitrogens with zero attached hydrogens (tertiary/aromatic N) is 1. The summed E-state index contributed by atoms with van der Waals surface area (Å²) in [6.07, 6.45) is -1.94. The van der Waals surface area contributed by atoms with E-state index >= 15 is 0 Å². The Hall–Kier alpha value is -0.750. The van der Waals surface area contributed by atoms with Crippen LogP contribution in [0, 0.1) is 5.92 Å². The lowest BCUT2D eigenvalue weighted by Crippen LogP contribution is -2.53. The number of alkyl halides is 3. The first-order valence-electron chi connectivity index (χ1n) is 6.79. The van der Waals surface area contributed by atoms with Crippen LogP contribution in [-0.2, 0) is 6.18 Å². The maximum absolute atomic E-state index is 12.6. The number of anilines is 1. The van der Waals surface area contributed by atoms with Crippen LogP contribution in [0.5, 0.6) is 0 Å². The van der Waals surface area contributed by atoms with E-state index in [1.165, 1.54) is 18.9 Å². The monoisotopic (exact) mass is 348 g/mol. The van der Waals surface area contributed by atoms with E-state index < -0.39 is 11.7 Å². The highest BCUT2D eigenvalue weighted by atomic mass is 79.9. The van der Waals surface area contributed by atoms with Crippen molar-refractivity contribution < 1.29 is 13.2 Å². The smallest absolute Gasteiger partial charge is 0.380 e. The molecule has 1 unspecified atom stereocenters. The molecule has 20 heavy (non-hydrogen) atoms. The van der Waals surface area contributed by atoms with E-state index in [0.29, 0.717) is 16.4 Å². The molecule has 1 N–H and O–H groups in total. The lowest BCUT2D eigenvalue weighted by molar-refractivity contribution is -0.137. The molecule has 0 aromatic heterocycles. The predicted octanol–water partition coefficient (Wildman–Crippen LogP) is 3.97. The van der Waals surface area contributed by atoms with Crippen LogP contribution in [0.4, 0.5) is 18.9 Å². The van der Waals surface area contributed by atoms with Crippen molar-refractivity contribution >= 4 is 21.6 Å². The van der Waals surface area contributed by atoms with Gasteiger partial charge >= 0.3 is 6.18 Å². The average Bonchev–Trinajstić information content (AvgIpc) is 2.41. The second kappa shape index (κ2) is 5.22. The Balaban J connectivity index is 1.75. The first-order chi connectivity index (χ1) is 9.43. The highest BCUT2D eigenvalue weighted by Gasteiger charge is 2.35. The molecule has 3 aliphatic rings. The summed E-state index contributed by atoms with van der Waals surface area (Å²) in [4.78, 5) is 2.41. The zero-order valence-corrected chi connectivity index (χ0v) is 12.5. The summed E-state index contributed by atoms with van der Waals surface area (Å²) in [5, 5.41) is 3.40. The second-order valence-corrected chi connectivity index (χ2v) is 6.44. The maximum Gasteiger partial charge on any atom is 0.416 e. The van der Waals surface area contributed by atoms with Crippen LogP contribution in [0.15, 0.2) is 22.7 Å². The molecule has 4 rings (SSSR count). The van der Waals surface area contributed by atoms with E-state index in [2.05, 4.69) is 26.1 Å². The van der Waals surface area contributed by atoms with Crippen LogP contribution in [0.3, 0.4) is 0 Å². The molecule has 3 saturated heterocycles. The largest absolute Gasteiger partial charge is 0.416 e. The Morgan fingerprint density at radius 1 is 1.20 bits per heavy atom. The van der Waals surface area contributed by atoms with Gasteiger partial charge in [0.05, 0.1) is 5.56 Å². The van der Waals surface area contributed by atoms with Gasteiger partial charge in [-0.2, -0.15) is 13.2 Å². The topological polar surface area (TPSA) is 15.3 Å². The molecule has 0 spiro atoms. The van der Waals surface area contributed by atoms with Gasteiger partial charge < -0.3 is 10.2 Å². The zero-order chi connectivity index (χ0) is 14.3. The van der Waals surface area contributed by atoms with E-state index in [1.54, 1.807) is 0 Å². The molecule has 0 radical (unpaired) electrons. The molecule has 6 heteroatoms. The van der Waals surface area contributed by atoms with Gasteiger partial charge in [0.2, 0.25) is 0 Å². The third-order valence-corrected chi connectivity index (χ3v) is 4.95. The van der Waals surface area contributed by atoms with E-state index in [9.17, 15) is 13.2 Å². The summed E-state index contributed by atoms with van der Waals surface area (Å²) < 4.78 is 38.4. The Morgan fingerprint density at radius 3 is 2.40 bits per heavy atom. The normalized spacial score (nSPS) is 29.5. The van der Waals surface area contributed by atoms with E-state index in [4.69, 9.17) is 0 Å². The molecular weight excluding hydrogens is 333 g/mol. The van der Waals surface area contributed by atoms with E-state index in [-0.39, 0.29) is 0 Å². The molecule has 0 saturated carbocycles. The second-order valence-electron chi connectivity index (χ2n) is 5.58. The van der Waals surface area contributed by atoms with Gasteiger partial charge in [-0.25, -0.2) is 0 Å². The quantitative estimate of drug-likeness (QED) is 0.869. The van der Waals surface area contributed by atoms with E-state index in [0.717, 1.165) is 37.5 Å². The number of halogens is 4. The van der Waals surface area contributed by atoms with Gasteiger partial charge in [0.1, 0.15) is 0 Å². The molecule has 2 bridgehead atoms. The average molecular weight is 349 g/mol. The highest BCUT2D eigenvalue weighted by Crippen LogP contribution is 2.36. The summed E-state index contributed by atoms with van der Waals surface area (Å²) in [5.41, 5.74) is 0.126. The molecule has 1 aromatic carbocycles. The van der Waals surface area contributed by atoms with Crippen LogP contribution in [0.1, 0.15) is 18.4 Å². The third kappa shape index (κ3) is 2.81. The number of hydrogen-bond donors (Lipinski definition) is 1. The number of nitrogens with one attached hydrogen (secondary N) is 1. The fourth-order valence-corrected chi connectivity index (χ4v) is 3.63. The van der Waals surface area contributed by atoms with E-state index in [1.807, 2.05) is 0 Å². The maximum atomic E-state index is 12.6. The lowest BCUT2D eigenvalue weighted by atomic mass is 9.84. The summed E-state index contributed by atoms with van der Waals surface area (Å²) in [7, 11) is 0. The van der Waals surface area contributed by atoms with Crippen LogP contribution in [-0.4, -0.2) is 30.6 Å². The molecule has 1 atom stereocenters. The minimum absolute atomic E-state index is 0.338. The molecule has 0 aliphatic carbocycles. The van der Waals surface area contributed by atoms with Crippen LogP contribution < -0.4 is 5.32 Å². The molecule has 3 aliphatic heterocycles. The van der Waals surface area contributed by atoms with Crippen molar-refractivity contribution in [2.24, 2.45) is 5.92 Å². The predicted molar refractivity (Wildman–Crippen MR) is 75.7 cm³/mol. The van der Waals surface area contributed by atoms with Crippen molar-refractivity contribution in [2.75, 3.05) is 25.0 Å². The third-order valence-electron chi connectivity index (χ3n) is 4.29. The Morgan fingerprint density at radius 2 is 1.90 bits per heavy atom. The number of fused-ring (bicyclic) bond motifs is 3. The lowest BCUT2D eigenvalue weighted by Gasteiger charge is -2.45. The fraction of sp³-hybridized carbons (Fsp3) is 0.571. The number of benzene rings is 1. The SMILES string of the molecule is FC(F)(F)c1ccc(NC2CN3CCC2CC3)c(Br)c1. The Bertz CT molecular complexity index is 496. The number of hydrogen-bond acceptors (Lipinski definition) is 2. The number of piperidine rings is 3. The van der Waals surface area contributed by atoms with Crippen molar-refractivity contribution in [3.63, 3.8) is 0 Å². The van der Waals surface area contributed by atoms with Crippen LogP contribution in [0.25, 0.3) is 0 Å². The standard InChI is InChI=1S/C14H16BrF3N2/c15-11-7-10(14(16,17)18)1-2-12(11)19-13-8-20-5-3-9(13)4-6-20/h1-2,7,9,13,19H,3-6,8H2. The molecular formula is C14H16BrF3N2. The van der Waals surface area contributed by atoms with Crippen LogP contribution >= 0.6 is 15.9 Å². The molecule has 1 aromatic rings. The zero-order valence-electron chi connectivity index (χ0n) is 10.9. The van der Waals surface area contributed by atoms with Gasteiger partial charge in [-0.3, -0.25) is 0 Å². The molecule has 3 heterocycles. The van der Waals surface area contributed by atoms with Gasteiger partial charge in [-0.15, -0.1) is 0 Å². The van der Waals surface area contributed by atoms with Crippen LogP contribution in [0.2, 0.25) is 0 Å². The molecule has 110 valence electrons. The first-order valence-corrected chi connectivity index (χ1v) is 7.58. The summed E-state index contributed by atoms with van der Waals surface area (Å²) >= 11 is 3.24. The van der Waals surface area contributed by atoms with Gasteiger partial charge in [-0.1, -0.05) is 0 Å². The first kappa shape index (κ1) is 14.2. The number of rotatable bonds is 2. The molecule has 3 fully saturated rings. The summed E-state index contributed by atoms with van der Waals surface area (Å²) in [6.45, 7) is 3.28. The Labute approximate surface area is 124 Å². The summed E-state index contributed by atoms with van der Waals surface area (Å²) in [5.74, 6) is 0.634. The Kier molecular flexibility index (Phi) is 3.71. The molecule has 0 amide bonds. The van der Waals surface area contributed by atoms with Gasteiger partial charge in [0, 0.05) is 22.7 Å².